The Balaban J connectivity index is 1.96. The molecule has 2 aromatic carbocycles. The molecule has 4 nitrogen and oxygen atoms in total. The van der Waals surface area contributed by atoms with E-state index in [1.807, 2.05) is 12.1 Å². The first-order chi connectivity index (χ1) is 11.7. The Labute approximate surface area is 141 Å². The summed E-state index contributed by atoms with van der Waals surface area (Å²) in [4.78, 5) is 22.2. The molecular weight excluding hydrogens is 304 g/mol. The van der Waals surface area contributed by atoms with Gasteiger partial charge in [0.15, 0.2) is 12.6 Å². The highest BCUT2D eigenvalue weighted by molar-refractivity contribution is 5.81. The van der Waals surface area contributed by atoms with Gasteiger partial charge in [0, 0.05) is 0 Å². The zero-order valence-corrected chi connectivity index (χ0v) is 13.2. The number of hydrogen-bond acceptors (Lipinski definition) is 4. The highest BCUT2D eigenvalue weighted by atomic mass is 16.5. The molecule has 0 radical (unpaired) electrons. The van der Waals surface area contributed by atoms with E-state index in [-0.39, 0.29) is 13.2 Å². The molecular formula is C20H18O4. The van der Waals surface area contributed by atoms with Gasteiger partial charge in [0.05, 0.1) is 11.1 Å². The highest BCUT2D eigenvalue weighted by Gasteiger charge is 2.06. The lowest BCUT2D eigenvalue weighted by atomic mass is 10.1. The van der Waals surface area contributed by atoms with Crippen molar-refractivity contribution in [2.45, 2.75) is 0 Å². The SMILES string of the molecule is C=Cc1ccc(OCCOc2ccc(C=C)cc2C=O)c(C=O)c1. The Kier molecular flexibility index (Phi) is 6.08. The van der Waals surface area contributed by atoms with Crippen LogP contribution in [0.3, 0.4) is 0 Å². The number of carbonyl (C=O) groups is 2. The molecule has 0 fully saturated rings. The number of aldehydes is 2. The molecule has 24 heavy (non-hydrogen) atoms. The summed E-state index contributed by atoms with van der Waals surface area (Å²) in [5.74, 6) is 0.966. The number of ether oxygens (including phenoxy) is 2. The molecule has 0 aliphatic rings. The summed E-state index contributed by atoms with van der Waals surface area (Å²) in [5, 5.41) is 0. The lowest BCUT2D eigenvalue weighted by Crippen LogP contribution is -2.11. The predicted octanol–water partition coefficient (Wildman–Crippen LogP) is 4.06. The van der Waals surface area contributed by atoms with Gasteiger partial charge < -0.3 is 9.47 Å². The van der Waals surface area contributed by atoms with Crippen molar-refractivity contribution in [1.82, 2.24) is 0 Å². The van der Waals surface area contributed by atoms with Crippen LogP contribution in [0.15, 0.2) is 49.6 Å². The van der Waals surface area contributed by atoms with Crippen LogP contribution < -0.4 is 9.47 Å². The third-order valence-electron chi connectivity index (χ3n) is 3.39. The van der Waals surface area contributed by atoms with Crippen LogP contribution in [0, 0.1) is 0 Å². The zero-order chi connectivity index (χ0) is 17.4. The molecule has 0 saturated heterocycles. The third kappa shape index (κ3) is 4.20. The van der Waals surface area contributed by atoms with Crippen molar-refractivity contribution in [1.29, 1.82) is 0 Å². The van der Waals surface area contributed by atoms with Gasteiger partial charge in [-0.2, -0.15) is 0 Å². The van der Waals surface area contributed by atoms with Crippen LogP contribution in [0.4, 0.5) is 0 Å². The van der Waals surface area contributed by atoms with Gasteiger partial charge in [-0.1, -0.05) is 37.4 Å². The molecule has 0 bridgehead atoms. The molecule has 122 valence electrons. The summed E-state index contributed by atoms with van der Waals surface area (Å²) in [7, 11) is 0. The van der Waals surface area contributed by atoms with Gasteiger partial charge in [0.25, 0.3) is 0 Å². The van der Waals surface area contributed by atoms with Crippen molar-refractivity contribution < 1.29 is 19.1 Å². The van der Waals surface area contributed by atoms with Crippen LogP contribution in [0.1, 0.15) is 31.8 Å². The maximum atomic E-state index is 11.1. The predicted molar refractivity (Wildman–Crippen MR) is 94.8 cm³/mol. The summed E-state index contributed by atoms with van der Waals surface area (Å²) in [6, 6.07) is 10.5. The standard InChI is InChI=1S/C20H18O4/c1-3-15-5-7-19(17(11-15)13-21)23-9-10-24-20-8-6-16(4-2)12-18(20)14-22/h3-8,11-14H,1-2,9-10H2. The van der Waals surface area contributed by atoms with Crippen molar-refractivity contribution in [3.05, 3.63) is 71.8 Å². The van der Waals surface area contributed by atoms with Crippen LogP contribution in [0.2, 0.25) is 0 Å². The van der Waals surface area contributed by atoms with E-state index >= 15 is 0 Å². The summed E-state index contributed by atoms with van der Waals surface area (Å²) in [6.45, 7) is 7.82. The van der Waals surface area contributed by atoms with Gasteiger partial charge in [0.2, 0.25) is 0 Å². The van der Waals surface area contributed by atoms with E-state index in [2.05, 4.69) is 13.2 Å². The number of benzene rings is 2. The quantitative estimate of drug-likeness (QED) is 0.516. The molecule has 0 amide bonds. The summed E-state index contributed by atoms with van der Waals surface area (Å²) >= 11 is 0. The van der Waals surface area contributed by atoms with Gasteiger partial charge in [-0.05, 0) is 35.4 Å². The van der Waals surface area contributed by atoms with Gasteiger partial charge in [-0.3, -0.25) is 9.59 Å². The van der Waals surface area contributed by atoms with Crippen molar-refractivity contribution in [3.63, 3.8) is 0 Å². The Morgan fingerprint density at radius 3 is 1.50 bits per heavy atom. The number of rotatable bonds is 9. The Morgan fingerprint density at radius 2 is 1.17 bits per heavy atom. The lowest BCUT2D eigenvalue weighted by molar-refractivity contribution is 0.110. The van der Waals surface area contributed by atoms with Gasteiger partial charge >= 0.3 is 0 Å². The van der Waals surface area contributed by atoms with E-state index < -0.39 is 0 Å². The number of hydrogen-bond donors (Lipinski definition) is 0. The second-order valence-corrected chi connectivity index (χ2v) is 4.94. The molecule has 2 aromatic rings. The van der Waals surface area contributed by atoms with Crippen LogP contribution >= 0.6 is 0 Å². The van der Waals surface area contributed by atoms with Crippen molar-refractivity contribution >= 4 is 24.7 Å². The smallest absolute Gasteiger partial charge is 0.153 e. The molecule has 0 aliphatic carbocycles. The molecule has 2 rings (SSSR count). The van der Waals surface area contributed by atoms with E-state index in [9.17, 15) is 9.59 Å². The van der Waals surface area contributed by atoms with Gasteiger partial charge in [-0.15, -0.1) is 0 Å². The fourth-order valence-electron chi connectivity index (χ4n) is 2.14. The fraction of sp³-hybridized carbons (Fsp3) is 0.100. The van der Waals surface area contributed by atoms with E-state index in [0.29, 0.717) is 22.6 Å². The Hall–Kier alpha value is -3.14. The van der Waals surface area contributed by atoms with Crippen LogP contribution in [0.25, 0.3) is 12.2 Å². The summed E-state index contributed by atoms with van der Waals surface area (Å²) < 4.78 is 11.1. The Morgan fingerprint density at radius 1 is 0.750 bits per heavy atom. The second-order valence-electron chi connectivity index (χ2n) is 4.94. The minimum atomic E-state index is 0.246. The van der Waals surface area contributed by atoms with Gasteiger partial charge in [-0.25, -0.2) is 0 Å². The van der Waals surface area contributed by atoms with E-state index in [4.69, 9.17) is 9.47 Å². The minimum Gasteiger partial charge on any atom is -0.489 e. The maximum Gasteiger partial charge on any atom is 0.153 e. The molecule has 0 atom stereocenters. The third-order valence-corrected chi connectivity index (χ3v) is 3.39. The zero-order valence-electron chi connectivity index (χ0n) is 13.2. The van der Waals surface area contributed by atoms with E-state index in [1.54, 1.807) is 36.4 Å². The largest absolute Gasteiger partial charge is 0.489 e. The van der Waals surface area contributed by atoms with E-state index in [1.165, 1.54) is 0 Å². The average Bonchev–Trinajstić information content (AvgIpc) is 2.65. The normalized spacial score (nSPS) is 9.83. The topological polar surface area (TPSA) is 52.6 Å². The minimum absolute atomic E-state index is 0.246. The monoisotopic (exact) mass is 322 g/mol. The van der Waals surface area contributed by atoms with Crippen molar-refractivity contribution in [2.24, 2.45) is 0 Å². The molecule has 0 saturated carbocycles. The lowest BCUT2D eigenvalue weighted by Gasteiger charge is -2.11. The highest BCUT2D eigenvalue weighted by Crippen LogP contribution is 2.21. The molecule has 0 heterocycles. The molecule has 0 aliphatic heterocycles. The second kappa shape index (κ2) is 8.48. The molecule has 4 heteroatoms. The van der Waals surface area contributed by atoms with Crippen molar-refractivity contribution in [3.8, 4) is 11.5 Å². The molecule has 0 N–H and O–H groups in total. The maximum absolute atomic E-state index is 11.1. The summed E-state index contributed by atoms with van der Waals surface area (Å²) in [5.41, 5.74) is 2.60. The number of carbonyl (C=O) groups excluding carboxylic acids is 2. The van der Waals surface area contributed by atoms with Gasteiger partial charge in [0.1, 0.15) is 24.7 Å². The summed E-state index contributed by atoms with van der Waals surface area (Å²) in [6.07, 6.45) is 4.80. The van der Waals surface area contributed by atoms with Crippen LogP contribution in [-0.4, -0.2) is 25.8 Å². The first-order valence-corrected chi connectivity index (χ1v) is 7.40. The first-order valence-electron chi connectivity index (χ1n) is 7.40. The first kappa shape index (κ1) is 17.2. The van der Waals surface area contributed by atoms with Crippen LogP contribution in [0.5, 0.6) is 11.5 Å². The molecule has 0 unspecified atom stereocenters. The molecule has 0 spiro atoms. The fourth-order valence-corrected chi connectivity index (χ4v) is 2.14. The molecule has 0 aromatic heterocycles. The average molecular weight is 322 g/mol. The Bertz CT molecular complexity index is 697. The van der Waals surface area contributed by atoms with Crippen LogP contribution in [-0.2, 0) is 0 Å². The van der Waals surface area contributed by atoms with E-state index in [0.717, 1.165) is 23.7 Å². The van der Waals surface area contributed by atoms with Crippen molar-refractivity contribution in [2.75, 3.05) is 13.2 Å².